The van der Waals surface area contributed by atoms with Crippen LogP contribution in [0, 0.1) is 6.92 Å². The molecular weight excluding hydrogens is 388 g/mol. The maximum absolute atomic E-state index is 12.7. The molecule has 0 N–H and O–H groups in total. The van der Waals surface area contributed by atoms with Crippen LogP contribution in [0.25, 0.3) is 11.0 Å². The fourth-order valence-corrected chi connectivity index (χ4v) is 4.28. The minimum absolute atomic E-state index is 0.0748. The maximum Gasteiger partial charge on any atom is 0.339 e. The van der Waals surface area contributed by atoms with E-state index in [1.807, 2.05) is 19.1 Å². The van der Waals surface area contributed by atoms with E-state index >= 15 is 0 Å². The molecule has 29 heavy (non-hydrogen) atoms. The SMILES string of the molecule is CC[S@](=O)c1ccccc1C(=O)OCc1cc(=O)oc2cc(C)c(C(C)C)cc12. The number of carbonyl (C=O) groups excluding carboxylic acids is 1. The molecule has 1 aromatic heterocycles. The topological polar surface area (TPSA) is 73.6 Å². The van der Waals surface area contributed by atoms with Crippen molar-refractivity contribution in [2.45, 2.75) is 45.1 Å². The van der Waals surface area contributed by atoms with Crippen molar-refractivity contribution in [3.05, 3.63) is 75.1 Å². The molecule has 2 aromatic carbocycles. The van der Waals surface area contributed by atoms with Crippen molar-refractivity contribution in [1.82, 2.24) is 0 Å². The lowest BCUT2D eigenvalue weighted by Gasteiger charge is -2.13. The number of aryl methyl sites for hydroxylation is 1. The summed E-state index contributed by atoms with van der Waals surface area (Å²) in [6, 6.07) is 11.9. The Morgan fingerprint density at radius 2 is 1.90 bits per heavy atom. The molecule has 0 saturated carbocycles. The van der Waals surface area contributed by atoms with Crippen LogP contribution >= 0.6 is 0 Å². The Bertz CT molecular complexity index is 1140. The zero-order valence-electron chi connectivity index (χ0n) is 17.0. The van der Waals surface area contributed by atoms with Gasteiger partial charge in [-0.25, -0.2) is 9.59 Å². The van der Waals surface area contributed by atoms with Crippen LogP contribution in [0.4, 0.5) is 0 Å². The van der Waals surface area contributed by atoms with Crippen molar-refractivity contribution in [3.63, 3.8) is 0 Å². The van der Waals surface area contributed by atoms with E-state index in [1.165, 1.54) is 6.07 Å². The average Bonchev–Trinajstić information content (AvgIpc) is 2.70. The Balaban J connectivity index is 1.95. The molecule has 0 bridgehead atoms. The van der Waals surface area contributed by atoms with E-state index in [4.69, 9.17) is 9.15 Å². The fraction of sp³-hybridized carbons (Fsp3) is 0.304. The molecule has 5 nitrogen and oxygen atoms in total. The van der Waals surface area contributed by atoms with Gasteiger partial charge >= 0.3 is 11.6 Å². The number of ether oxygens (including phenoxy) is 1. The van der Waals surface area contributed by atoms with Crippen LogP contribution in [0.1, 0.15) is 53.7 Å². The zero-order chi connectivity index (χ0) is 21.1. The lowest BCUT2D eigenvalue weighted by Crippen LogP contribution is -2.11. The standard InChI is InChI=1S/C23H24O5S/c1-5-29(26)21-9-7-6-8-17(21)23(25)27-13-16-11-22(24)28-20-10-15(4)18(14(2)3)12-19(16)20/h6-12,14H,5,13H2,1-4H3/t29-/m0/s1. The van der Waals surface area contributed by atoms with Gasteiger partial charge in [0, 0.05) is 22.8 Å². The summed E-state index contributed by atoms with van der Waals surface area (Å²) in [5.41, 5.74) is 3.02. The minimum atomic E-state index is -1.27. The van der Waals surface area contributed by atoms with Crippen molar-refractivity contribution >= 4 is 27.7 Å². The summed E-state index contributed by atoms with van der Waals surface area (Å²) in [4.78, 5) is 25.1. The first-order chi connectivity index (χ1) is 13.8. The second-order valence-electron chi connectivity index (χ2n) is 7.16. The number of hydrogen-bond acceptors (Lipinski definition) is 5. The van der Waals surface area contributed by atoms with Crippen molar-refractivity contribution in [2.75, 3.05) is 5.75 Å². The van der Waals surface area contributed by atoms with E-state index in [9.17, 15) is 13.8 Å². The van der Waals surface area contributed by atoms with Gasteiger partial charge < -0.3 is 9.15 Å². The molecule has 0 aliphatic heterocycles. The van der Waals surface area contributed by atoms with Gasteiger partial charge in [0.1, 0.15) is 12.2 Å². The lowest BCUT2D eigenvalue weighted by molar-refractivity contribution is 0.0469. The van der Waals surface area contributed by atoms with Gasteiger partial charge in [-0.3, -0.25) is 4.21 Å². The third-order valence-electron chi connectivity index (χ3n) is 4.81. The molecule has 0 aliphatic rings. The molecule has 3 rings (SSSR count). The van der Waals surface area contributed by atoms with E-state index in [-0.39, 0.29) is 12.2 Å². The summed E-state index contributed by atoms with van der Waals surface area (Å²) in [5, 5.41) is 0.747. The van der Waals surface area contributed by atoms with Crippen molar-refractivity contribution in [1.29, 1.82) is 0 Å². The Labute approximate surface area is 172 Å². The molecule has 1 atom stereocenters. The highest BCUT2D eigenvalue weighted by Crippen LogP contribution is 2.27. The highest BCUT2D eigenvalue weighted by atomic mass is 32.2. The molecular formula is C23H24O5S. The molecule has 0 radical (unpaired) electrons. The van der Waals surface area contributed by atoms with Gasteiger partial charge in [-0.05, 0) is 48.2 Å². The molecule has 0 saturated heterocycles. The van der Waals surface area contributed by atoms with E-state index < -0.39 is 22.4 Å². The molecule has 0 amide bonds. The number of rotatable bonds is 6. The van der Waals surface area contributed by atoms with Crippen LogP contribution in [0.3, 0.4) is 0 Å². The fourth-order valence-electron chi connectivity index (χ4n) is 3.34. The lowest BCUT2D eigenvalue weighted by atomic mass is 9.95. The van der Waals surface area contributed by atoms with E-state index in [0.29, 0.717) is 27.7 Å². The Hall–Kier alpha value is -2.73. The van der Waals surface area contributed by atoms with Crippen molar-refractivity contribution < 1.29 is 18.2 Å². The molecule has 152 valence electrons. The van der Waals surface area contributed by atoms with Crippen molar-refractivity contribution in [3.8, 4) is 0 Å². The van der Waals surface area contributed by atoms with Crippen LogP contribution in [0.15, 0.2) is 56.6 Å². The predicted molar refractivity (Wildman–Crippen MR) is 114 cm³/mol. The molecule has 6 heteroatoms. The highest BCUT2D eigenvalue weighted by molar-refractivity contribution is 7.85. The summed E-state index contributed by atoms with van der Waals surface area (Å²) in [5.74, 6) is 0.143. The minimum Gasteiger partial charge on any atom is -0.457 e. The largest absolute Gasteiger partial charge is 0.457 e. The van der Waals surface area contributed by atoms with Crippen LogP contribution in [0.2, 0.25) is 0 Å². The molecule has 1 heterocycles. The van der Waals surface area contributed by atoms with Gasteiger partial charge in [-0.2, -0.15) is 0 Å². The third kappa shape index (κ3) is 4.48. The van der Waals surface area contributed by atoms with Gasteiger partial charge in [0.2, 0.25) is 0 Å². The number of fused-ring (bicyclic) bond motifs is 1. The summed E-state index contributed by atoms with van der Waals surface area (Å²) in [6.45, 7) is 7.89. The third-order valence-corrected chi connectivity index (χ3v) is 6.18. The van der Waals surface area contributed by atoms with E-state index in [2.05, 4.69) is 13.8 Å². The monoisotopic (exact) mass is 412 g/mol. The number of esters is 1. The van der Waals surface area contributed by atoms with Crippen molar-refractivity contribution in [2.24, 2.45) is 0 Å². The second kappa shape index (κ2) is 8.74. The smallest absolute Gasteiger partial charge is 0.339 e. The van der Waals surface area contributed by atoms with Crippen LogP contribution in [0.5, 0.6) is 0 Å². The highest BCUT2D eigenvalue weighted by Gasteiger charge is 2.17. The average molecular weight is 413 g/mol. The first-order valence-corrected chi connectivity index (χ1v) is 10.9. The van der Waals surface area contributed by atoms with Crippen LogP contribution in [-0.2, 0) is 22.1 Å². The number of hydrogen-bond donors (Lipinski definition) is 0. The molecule has 0 fully saturated rings. The molecule has 0 aliphatic carbocycles. The summed E-state index contributed by atoms with van der Waals surface area (Å²) < 4.78 is 23.0. The second-order valence-corrected chi connectivity index (χ2v) is 8.87. The maximum atomic E-state index is 12.7. The van der Waals surface area contributed by atoms with Gasteiger partial charge in [-0.1, -0.05) is 32.9 Å². The Kier molecular flexibility index (Phi) is 6.33. The number of benzene rings is 2. The summed E-state index contributed by atoms with van der Waals surface area (Å²) in [6.07, 6.45) is 0. The molecule has 0 unspecified atom stereocenters. The number of carbonyl (C=O) groups is 1. The Morgan fingerprint density at radius 3 is 2.59 bits per heavy atom. The van der Waals surface area contributed by atoms with Gasteiger partial charge in [0.25, 0.3) is 0 Å². The molecule has 0 spiro atoms. The van der Waals surface area contributed by atoms with E-state index in [1.54, 1.807) is 31.2 Å². The normalized spacial score (nSPS) is 12.3. The van der Waals surface area contributed by atoms with Crippen LogP contribution in [-0.4, -0.2) is 15.9 Å². The predicted octanol–water partition coefficient (Wildman–Crippen LogP) is 4.71. The first kappa shape index (κ1) is 21.0. The Morgan fingerprint density at radius 1 is 1.17 bits per heavy atom. The summed E-state index contributed by atoms with van der Waals surface area (Å²) >= 11 is 0. The van der Waals surface area contributed by atoms with Crippen LogP contribution < -0.4 is 5.63 Å². The quantitative estimate of drug-likeness (QED) is 0.433. The van der Waals surface area contributed by atoms with E-state index in [0.717, 1.165) is 16.5 Å². The molecule has 3 aromatic rings. The summed E-state index contributed by atoms with van der Waals surface area (Å²) in [7, 11) is -1.27. The first-order valence-electron chi connectivity index (χ1n) is 9.53. The van der Waals surface area contributed by atoms with Gasteiger partial charge in [-0.15, -0.1) is 0 Å². The zero-order valence-corrected chi connectivity index (χ0v) is 17.8. The van der Waals surface area contributed by atoms with Gasteiger partial charge in [0.05, 0.1) is 21.3 Å². The van der Waals surface area contributed by atoms with Gasteiger partial charge in [0.15, 0.2) is 0 Å².